The number of aliphatic hydroxyl groups excluding tert-OH is 3. The number of rotatable bonds is 1. The summed E-state index contributed by atoms with van der Waals surface area (Å²) in [6, 6.07) is -0.117. The predicted octanol–water partition coefficient (Wildman–Crippen LogP) is -2.33. The van der Waals surface area contributed by atoms with E-state index in [-0.39, 0.29) is 6.61 Å². The summed E-state index contributed by atoms with van der Waals surface area (Å²) >= 11 is 0. The minimum Gasteiger partial charge on any atom is -0.459 e. The molecule has 1 heterocycles. The Morgan fingerprint density at radius 2 is 2.14 bits per heavy atom. The highest BCUT2D eigenvalue weighted by atomic mass is 16.5. The quantitative estimate of drug-likeness (QED) is 0.383. The van der Waals surface area contributed by atoms with E-state index in [1.54, 1.807) is 7.05 Å². The molecular formula is C8H14N2O4. The Hall–Kier alpha value is -0.850. The molecule has 80 valence electrons. The zero-order valence-electron chi connectivity index (χ0n) is 7.79. The van der Waals surface area contributed by atoms with E-state index < -0.39 is 30.3 Å². The molecule has 6 heteroatoms. The van der Waals surface area contributed by atoms with E-state index in [4.69, 9.17) is 9.84 Å². The fourth-order valence-electron chi connectivity index (χ4n) is 2.03. The molecule has 4 N–H and O–H groups in total. The fourth-order valence-corrected chi connectivity index (χ4v) is 2.03. The molecule has 0 aromatic rings. The van der Waals surface area contributed by atoms with Crippen molar-refractivity contribution in [1.29, 1.82) is 0 Å². The molecule has 2 rings (SSSR count). The number of fused-ring (bicyclic) bond motifs is 1. The van der Waals surface area contributed by atoms with Gasteiger partial charge in [-0.2, -0.15) is 0 Å². The summed E-state index contributed by atoms with van der Waals surface area (Å²) in [7, 11) is 1.66. The summed E-state index contributed by atoms with van der Waals surface area (Å²) < 4.78 is 5.34. The van der Waals surface area contributed by atoms with Gasteiger partial charge in [-0.1, -0.05) is 0 Å². The Labute approximate surface area is 81.2 Å². The van der Waals surface area contributed by atoms with E-state index in [2.05, 4.69) is 10.3 Å². The smallest absolute Gasteiger partial charge is 0.285 e. The number of ether oxygens (including phenoxy) is 1. The van der Waals surface area contributed by atoms with E-state index >= 15 is 0 Å². The Balaban J connectivity index is 2.18. The molecule has 0 aromatic heterocycles. The van der Waals surface area contributed by atoms with Gasteiger partial charge in [-0.3, -0.25) is 0 Å². The van der Waals surface area contributed by atoms with Gasteiger partial charge in [-0.05, 0) is 0 Å². The third kappa shape index (κ3) is 1.18. The summed E-state index contributed by atoms with van der Waals surface area (Å²) in [6.07, 6.45) is -2.34. The number of aliphatic hydroxyl groups is 3. The molecule has 0 bridgehead atoms. The van der Waals surface area contributed by atoms with Crippen molar-refractivity contribution in [3.8, 4) is 0 Å². The minimum atomic E-state index is -0.961. The zero-order chi connectivity index (χ0) is 10.3. The predicted molar refractivity (Wildman–Crippen MR) is 47.7 cm³/mol. The highest BCUT2D eigenvalue weighted by Gasteiger charge is 2.53. The number of hydrogen-bond donors (Lipinski definition) is 4. The van der Waals surface area contributed by atoms with Crippen molar-refractivity contribution in [3.05, 3.63) is 0 Å². The maximum Gasteiger partial charge on any atom is 0.285 e. The van der Waals surface area contributed by atoms with Crippen molar-refractivity contribution >= 4 is 6.02 Å². The molecule has 0 amide bonds. The van der Waals surface area contributed by atoms with Gasteiger partial charge in [-0.25, -0.2) is 4.99 Å². The van der Waals surface area contributed by atoms with Crippen LogP contribution in [0.5, 0.6) is 0 Å². The van der Waals surface area contributed by atoms with Crippen LogP contribution in [-0.4, -0.2) is 59.3 Å². The summed E-state index contributed by atoms with van der Waals surface area (Å²) in [5, 5.41) is 30.9. The molecule has 0 saturated heterocycles. The lowest BCUT2D eigenvalue weighted by molar-refractivity contribution is -0.00710. The molecule has 2 aliphatic rings. The van der Waals surface area contributed by atoms with Gasteiger partial charge in [0.15, 0.2) is 0 Å². The maximum absolute atomic E-state index is 9.61. The fraction of sp³-hybridized carbons (Fsp3) is 0.875. The highest BCUT2D eigenvalue weighted by molar-refractivity contribution is 5.75. The van der Waals surface area contributed by atoms with Crippen molar-refractivity contribution in [2.45, 2.75) is 24.4 Å². The molecule has 0 aromatic carbocycles. The third-order valence-electron chi connectivity index (χ3n) is 2.84. The molecule has 0 radical (unpaired) electrons. The molecule has 1 saturated carbocycles. The van der Waals surface area contributed by atoms with E-state index in [9.17, 15) is 10.2 Å². The molecule has 1 fully saturated rings. The first-order valence-electron chi connectivity index (χ1n) is 4.58. The van der Waals surface area contributed by atoms with Crippen LogP contribution in [0.25, 0.3) is 0 Å². The van der Waals surface area contributed by atoms with E-state index in [1.165, 1.54) is 0 Å². The zero-order valence-corrected chi connectivity index (χ0v) is 7.79. The second-order valence-corrected chi connectivity index (χ2v) is 3.58. The van der Waals surface area contributed by atoms with Crippen LogP contribution in [0, 0.1) is 5.92 Å². The number of hydrogen-bond acceptors (Lipinski definition) is 6. The van der Waals surface area contributed by atoms with Gasteiger partial charge in [0.1, 0.15) is 18.2 Å². The Bertz CT molecular complexity index is 258. The molecule has 0 unspecified atom stereocenters. The van der Waals surface area contributed by atoms with Gasteiger partial charge in [0.25, 0.3) is 6.02 Å². The third-order valence-corrected chi connectivity index (χ3v) is 2.84. The van der Waals surface area contributed by atoms with Crippen LogP contribution in [-0.2, 0) is 4.74 Å². The second-order valence-electron chi connectivity index (χ2n) is 3.58. The molecule has 1 aliphatic heterocycles. The van der Waals surface area contributed by atoms with Crippen LogP contribution >= 0.6 is 0 Å². The molecule has 0 spiro atoms. The Kier molecular flexibility index (Phi) is 2.34. The van der Waals surface area contributed by atoms with Crippen LogP contribution in [0.15, 0.2) is 4.99 Å². The summed E-state index contributed by atoms with van der Waals surface area (Å²) in [6.45, 7) is -0.216. The van der Waals surface area contributed by atoms with Crippen LogP contribution in [0.2, 0.25) is 0 Å². The topological polar surface area (TPSA) is 94.3 Å². The summed E-state index contributed by atoms with van der Waals surface area (Å²) in [4.78, 5) is 4.06. The van der Waals surface area contributed by atoms with Gasteiger partial charge < -0.3 is 25.4 Å². The van der Waals surface area contributed by atoms with E-state index in [0.29, 0.717) is 6.02 Å². The van der Waals surface area contributed by atoms with Gasteiger partial charge in [-0.15, -0.1) is 0 Å². The Morgan fingerprint density at radius 1 is 1.43 bits per heavy atom. The number of nitrogens with zero attached hydrogens (tertiary/aromatic N) is 1. The highest BCUT2D eigenvalue weighted by Crippen LogP contribution is 2.34. The lowest BCUT2D eigenvalue weighted by Crippen LogP contribution is -2.33. The van der Waals surface area contributed by atoms with Crippen molar-refractivity contribution in [2.75, 3.05) is 13.7 Å². The standard InChI is InChI=1S/C8H14N2O4/c1-9-8-10-4-6(13)5(12)3(2-11)7(4)14-8/h3-7,11-13H,2H2,1H3,(H,9,10)/t3-,4-,5-,6-,7+/m1/s1. The van der Waals surface area contributed by atoms with Gasteiger partial charge in [0, 0.05) is 7.05 Å². The Morgan fingerprint density at radius 3 is 2.71 bits per heavy atom. The monoisotopic (exact) mass is 202 g/mol. The number of amidine groups is 1. The molecule has 14 heavy (non-hydrogen) atoms. The number of nitrogens with one attached hydrogen (secondary N) is 1. The average Bonchev–Trinajstić information content (AvgIpc) is 2.69. The van der Waals surface area contributed by atoms with Crippen molar-refractivity contribution in [3.63, 3.8) is 0 Å². The van der Waals surface area contributed by atoms with Crippen LogP contribution in [0.4, 0.5) is 0 Å². The first kappa shape index (κ1) is 9.70. The summed E-state index contributed by atoms with van der Waals surface area (Å²) in [5.74, 6) is -0.468. The van der Waals surface area contributed by atoms with Crippen LogP contribution in [0.1, 0.15) is 0 Å². The largest absolute Gasteiger partial charge is 0.459 e. The van der Waals surface area contributed by atoms with Crippen molar-refractivity contribution < 1.29 is 20.1 Å². The first-order chi connectivity index (χ1) is 6.69. The molecule has 1 aliphatic carbocycles. The van der Waals surface area contributed by atoms with Gasteiger partial charge in [0.05, 0.1) is 18.6 Å². The second kappa shape index (κ2) is 3.38. The summed E-state index contributed by atoms with van der Waals surface area (Å²) in [5.41, 5.74) is 0. The van der Waals surface area contributed by atoms with Crippen LogP contribution in [0.3, 0.4) is 0 Å². The lowest BCUT2D eigenvalue weighted by Gasteiger charge is -2.18. The van der Waals surface area contributed by atoms with Crippen molar-refractivity contribution in [1.82, 2.24) is 5.32 Å². The average molecular weight is 202 g/mol. The van der Waals surface area contributed by atoms with Gasteiger partial charge in [0.2, 0.25) is 0 Å². The first-order valence-corrected chi connectivity index (χ1v) is 4.58. The number of aliphatic imine (C=N–C) groups is 1. The molecular weight excluding hydrogens is 188 g/mol. The van der Waals surface area contributed by atoms with Gasteiger partial charge >= 0.3 is 0 Å². The van der Waals surface area contributed by atoms with Crippen LogP contribution < -0.4 is 5.32 Å². The maximum atomic E-state index is 9.61. The normalized spacial score (nSPS) is 45.7. The minimum absolute atomic E-state index is 0.216. The lowest BCUT2D eigenvalue weighted by atomic mass is 10.1. The SMILES string of the molecule is CNC1=N[C@@H]2[C@@H](O)[C@H](O)[C@@H](CO)[C@@H]2O1. The van der Waals surface area contributed by atoms with E-state index in [0.717, 1.165) is 0 Å². The molecule has 6 nitrogen and oxygen atoms in total. The van der Waals surface area contributed by atoms with E-state index in [1.807, 2.05) is 0 Å². The molecule has 5 atom stereocenters. The van der Waals surface area contributed by atoms with Crippen molar-refractivity contribution in [2.24, 2.45) is 10.9 Å².